The Morgan fingerprint density at radius 2 is 2.00 bits per heavy atom. The normalized spacial score (nSPS) is 14.5. The van der Waals surface area contributed by atoms with Crippen molar-refractivity contribution in [2.75, 3.05) is 17.7 Å². The van der Waals surface area contributed by atoms with Crippen LogP contribution in [0.5, 0.6) is 0 Å². The number of aryl methyl sites for hydroxylation is 1. The predicted octanol–water partition coefficient (Wildman–Crippen LogP) is 2.18. The number of anilines is 3. The van der Waals surface area contributed by atoms with Crippen LogP contribution in [-0.4, -0.2) is 26.8 Å². The summed E-state index contributed by atoms with van der Waals surface area (Å²) in [5.41, 5.74) is 1.01. The summed E-state index contributed by atoms with van der Waals surface area (Å²) in [5.74, 6) is 3.97. The SMILES string of the molecule is CNc1nc(C2CC2)nc(Nc2ccn(C)n2)c1C. The van der Waals surface area contributed by atoms with Gasteiger partial charge in [-0.2, -0.15) is 5.10 Å². The molecule has 0 unspecified atom stereocenters. The van der Waals surface area contributed by atoms with E-state index in [2.05, 4.69) is 25.7 Å². The molecule has 0 bridgehead atoms. The average Bonchev–Trinajstić information content (AvgIpc) is 3.16. The molecule has 19 heavy (non-hydrogen) atoms. The second-order valence-electron chi connectivity index (χ2n) is 4.93. The predicted molar refractivity (Wildman–Crippen MR) is 74.8 cm³/mol. The minimum atomic E-state index is 0.525. The van der Waals surface area contributed by atoms with Crippen LogP contribution < -0.4 is 10.6 Å². The van der Waals surface area contributed by atoms with Crippen molar-refractivity contribution in [1.29, 1.82) is 0 Å². The summed E-state index contributed by atoms with van der Waals surface area (Å²) < 4.78 is 1.76. The third-order valence-corrected chi connectivity index (χ3v) is 3.30. The van der Waals surface area contributed by atoms with Crippen LogP contribution in [0.4, 0.5) is 17.5 Å². The molecule has 0 saturated heterocycles. The monoisotopic (exact) mass is 258 g/mol. The van der Waals surface area contributed by atoms with Crippen LogP contribution in [0.25, 0.3) is 0 Å². The van der Waals surface area contributed by atoms with Crippen molar-refractivity contribution in [1.82, 2.24) is 19.7 Å². The van der Waals surface area contributed by atoms with E-state index in [1.54, 1.807) is 4.68 Å². The van der Waals surface area contributed by atoms with Gasteiger partial charge >= 0.3 is 0 Å². The molecule has 1 fully saturated rings. The van der Waals surface area contributed by atoms with E-state index < -0.39 is 0 Å². The molecule has 0 spiro atoms. The molecule has 0 aliphatic heterocycles. The van der Waals surface area contributed by atoms with Gasteiger partial charge in [-0.05, 0) is 19.8 Å². The molecule has 3 rings (SSSR count). The maximum Gasteiger partial charge on any atom is 0.153 e. The van der Waals surface area contributed by atoms with Gasteiger partial charge in [0.05, 0.1) is 0 Å². The van der Waals surface area contributed by atoms with E-state index >= 15 is 0 Å². The average molecular weight is 258 g/mol. The summed E-state index contributed by atoms with van der Waals surface area (Å²) in [6.07, 6.45) is 4.28. The molecule has 1 aliphatic carbocycles. The van der Waals surface area contributed by atoms with Crippen LogP contribution in [-0.2, 0) is 7.05 Å². The Morgan fingerprint density at radius 1 is 1.26 bits per heavy atom. The number of hydrogen-bond donors (Lipinski definition) is 2. The Morgan fingerprint density at radius 3 is 2.58 bits per heavy atom. The molecular weight excluding hydrogens is 240 g/mol. The number of aromatic nitrogens is 4. The van der Waals surface area contributed by atoms with E-state index in [4.69, 9.17) is 0 Å². The van der Waals surface area contributed by atoms with Gasteiger partial charge in [-0.3, -0.25) is 4.68 Å². The minimum Gasteiger partial charge on any atom is -0.373 e. The first kappa shape index (κ1) is 12.0. The van der Waals surface area contributed by atoms with E-state index in [0.717, 1.165) is 28.8 Å². The lowest BCUT2D eigenvalue weighted by Crippen LogP contribution is -2.07. The minimum absolute atomic E-state index is 0.525. The summed E-state index contributed by atoms with van der Waals surface area (Å²) >= 11 is 0. The van der Waals surface area contributed by atoms with Crippen molar-refractivity contribution in [2.45, 2.75) is 25.7 Å². The topological polar surface area (TPSA) is 67.7 Å². The summed E-state index contributed by atoms with van der Waals surface area (Å²) in [6, 6.07) is 1.93. The third-order valence-electron chi connectivity index (χ3n) is 3.30. The van der Waals surface area contributed by atoms with Gasteiger partial charge in [0, 0.05) is 37.8 Å². The van der Waals surface area contributed by atoms with E-state index in [-0.39, 0.29) is 0 Å². The fourth-order valence-electron chi connectivity index (χ4n) is 2.03. The molecule has 0 aromatic carbocycles. The van der Waals surface area contributed by atoms with E-state index in [9.17, 15) is 0 Å². The Hall–Kier alpha value is -2.11. The quantitative estimate of drug-likeness (QED) is 0.879. The molecular formula is C13H18N6. The smallest absolute Gasteiger partial charge is 0.153 e. The van der Waals surface area contributed by atoms with Gasteiger partial charge in [0.25, 0.3) is 0 Å². The van der Waals surface area contributed by atoms with Crippen molar-refractivity contribution >= 4 is 17.5 Å². The summed E-state index contributed by atoms with van der Waals surface area (Å²) in [6.45, 7) is 2.01. The zero-order valence-electron chi connectivity index (χ0n) is 11.4. The van der Waals surface area contributed by atoms with Gasteiger partial charge in [0.2, 0.25) is 0 Å². The lowest BCUT2D eigenvalue weighted by molar-refractivity contribution is 0.770. The fraction of sp³-hybridized carbons (Fsp3) is 0.462. The second kappa shape index (κ2) is 4.53. The van der Waals surface area contributed by atoms with Crippen LogP contribution in [0.3, 0.4) is 0 Å². The summed E-state index contributed by atoms with van der Waals surface area (Å²) in [7, 11) is 3.78. The Bertz CT molecular complexity index is 599. The highest BCUT2D eigenvalue weighted by atomic mass is 15.3. The third kappa shape index (κ3) is 2.38. The molecule has 1 aliphatic rings. The first-order valence-electron chi connectivity index (χ1n) is 6.50. The fourth-order valence-corrected chi connectivity index (χ4v) is 2.03. The van der Waals surface area contributed by atoms with Gasteiger partial charge in [0.15, 0.2) is 5.82 Å². The van der Waals surface area contributed by atoms with Gasteiger partial charge in [-0.1, -0.05) is 0 Å². The number of nitrogens with zero attached hydrogens (tertiary/aromatic N) is 4. The molecule has 6 heteroatoms. The molecule has 1 saturated carbocycles. The van der Waals surface area contributed by atoms with Crippen molar-refractivity contribution in [2.24, 2.45) is 7.05 Å². The number of hydrogen-bond acceptors (Lipinski definition) is 5. The van der Waals surface area contributed by atoms with Crippen molar-refractivity contribution < 1.29 is 0 Å². The van der Waals surface area contributed by atoms with Crippen LogP contribution >= 0.6 is 0 Å². The molecule has 2 aromatic rings. The summed E-state index contributed by atoms with van der Waals surface area (Å²) in [4.78, 5) is 9.21. The van der Waals surface area contributed by atoms with E-state index in [0.29, 0.717) is 5.92 Å². The first-order chi connectivity index (χ1) is 9.17. The number of nitrogens with one attached hydrogen (secondary N) is 2. The first-order valence-corrected chi connectivity index (χ1v) is 6.50. The molecule has 2 N–H and O–H groups in total. The summed E-state index contributed by atoms with van der Waals surface area (Å²) in [5, 5.41) is 10.7. The highest BCUT2D eigenvalue weighted by Gasteiger charge is 2.28. The van der Waals surface area contributed by atoms with E-state index in [1.807, 2.05) is 33.3 Å². The molecule has 0 atom stereocenters. The zero-order chi connectivity index (χ0) is 13.4. The highest BCUT2D eigenvalue weighted by Crippen LogP contribution is 2.39. The molecule has 6 nitrogen and oxygen atoms in total. The standard InChI is InChI=1S/C13H18N6/c1-8-11(14-2)16-13(9-4-5-9)17-12(8)15-10-6-7-19(3)18-10/h6-7,9H,4-5H2,1-3H3,(H2,14,15,16,17,18). The van der Waals surface area contributed by atoms with Gasteiger partial charge < -0.3 is 10.6 Å². The maximum atomic E-state index is 4.64. The molecule has 0 amide bonds. The molecule has 100 valence electrons. The molecule has 0 radical (unpaired) electrons. The van der Waals surface area contributed by atoms with Gasteiger partial charge in [0.1, 0.15) is 17.5 Å². The lowest BCUT2D eigenvalue weighted by Gasteiger charge is -2.12. The second-order valence-corrected chi connectivity index (χ2v) is 4.93. The van der Waals surface area contributed by atoms with E-state index in [1.165, 1.54) is 12.8 Å². The molecule has 2 heterocycles. The Labute approximate surface area is 112 Å². The van der Waals surface area contributed by atoms with Crippen LogP contribution in [0.1, 0.15) is 30.1 Å². The van der Waals surface area contributed by atoms with Gasteiger partial charge in [-0.25, -0.2) is 9.97 Å². The van der Waals surface area contributed by atoms with Gasteiger partial charge in [-0.15, -0.1) is 0 Å². The van der Waals surface area contributed by atoms with Crippen molar-refractivity contribution in [3.8, 4) is 0 Å². The lowest BCUT2D eigenvalue weighted by atomic mass is 10.2. The Kier molecular flexibility index (Phi) is 2.85. The zero-order valence-corrected chi connectivity index (χ0v) is 11.4. The van der Waals surface area contributed by atoms with Crippen molar-refractivity contribution in [3.63, 3.8) is 0 Å². The Balaban J connectivity index is 1.96. The largest absolute Gasteiger partial charge is 0.373 e. The van der Waals surface area contributed by atoms with Crippen molar-refractivity contribution in [3.05, 3.63) is 23.7 Å². The van der Waals surface area contributed by atoms with Crippen LogP contribution in [0, 0.1) is 6.92 Å². The van der Waals surface area contributed by atoms with Crippen LogP contribution in [0.2, 0.25) is 0 Å². The van der Waals surface area contributed by atoms with Crippen LogP contribution in [0.15, 0.2) is 12.3 Å². The highest BCUT2D eigenvalue weighted by molar-refractivity contribution is 5.62. The number of rotatable bonds is 4. The molecule has 2 aromatic heterocycles. The maximum absolute atomic E-state index is 4.64.